The van der Waals surface area contributed by atoms with Crippen LogP contribution in [0.15, 0.2) is 41.4 Å². The van der Waals surface area contributed by atoms with Crippen molar-refractivity contribution in [1.29, 1.82) is 0 Å². The van der Waals surface area contributed by atoms with Gasteiger partial charge in [0.25, 0.3) is 0 Å². The van der Waals surface area contributed by atoms with Gasteiger partial charge in [0.1, 0.15) is 0 Å². The van der Waals surface area contributed by atoms with E-state index < -0.39 is 5.97 Å². The first-order chi connectivity index (χ1) is 13.1. The average Bonchev–Trinajstić information content (AvgIpc) is 2.72. The Hall–Kier alpha value is -2.82. The molecule has 0 amide bonds. The molecule has 1 heterocycles. The van der Waals surface area contributed by atoms with Crippen molar-refractivity contribution in [1.82, 2.24) is 0 Å². The lowest BCUT2D eigenvalue weighted by molar-refractivity contribution is 0.0697. The van der Waals surface area contributed by atoms with Crippen LogP contribution in [-0.2, 0) is 0 Å². The number of methoxy groups -OCH3 is 2. The number of fused-ring (bicyclic) bond motifs is 3. The number of nitrogens with zero attached hydrogens (tertiary/aromatic N) is 1. The zero-order valence-corrected chi connectivity index (χ0v) is 15.6. The van der Waals surface area contributed by atoms with Gasteiger partial charge in [-0.05, 0) is 42.7 Å². The van der Waals surface area contributed by atoms with Crippen LogP contribution in [0.2, 0.25) is 0 Å². The number of ether oxygens (including phenoxy) is 2. The quantitative estimate of drug-likeness (QED) is 0.878. The van der Waals surface area contributed by atoms with E-state index in [1.165, 1.54) is 18.4 Å². The summed E-state index contributed by atoms with van der Waals surface area (Å²) < 4.78 is 11.1. The highest BCUT2D eigenvalue weighted by atomic mass is 16.5. The summed E-state index contributed by atoms with van der Waals surface area (Å²) in [6.45, 7) is 0. The molecule has 0 bridgehead atoms. The first kappa shape index (κ1) is 17.6. The molecule has 0 spiro atoms. The average molecular weight is 365 g/mol. The molecule has 2 aromatic rings. The van der Waals surface area contributed by atoms with E-state index in [1.807, 2.05) is 18.2 Å². The summed E-state index contributed by atoms with van der Waals surface area (Å²) in [5, 5.41) is 9.16. The van der Waals surface area contributed by atoms with E-state index in [0.29, 0.717) is 11.7 Å². The van der Waals surface area contributed by atoms with E-state index in [1.54, 1.807) is 26.4 Å². The molecule has 1 N–H and O–H groups in total. The van der Waals surface area contributed by atoms with Crippen LogP contribution in [0.3, 0.4) is 0 Å². The van der Waals surface area contributed by atoms with Gasteiger partial charge in [0.2, 0.25) is 0 Å². The maximum Gasteiger partial charge on any atom is 0.335 e. The third-order valence-electron chi connectivity index (χ3n) is 5.64. The lowest BCUT2D eigenvalue weighted by atomic mass is 9.75. The molecule has 2 aliphatic rings. The van der Waals surface area contributed by atoms with Crippen LogP contribution in [-0.4, -0.2) is 37.0 Å². The van der Waals surface area contributed by atoms with Gasteiger partial charge in [-0.3, -0.25) is 4.99 Å². The Bertz CT molecular complexity index is 901. The molecule has 140 valence electrons. The van der Waals surface area contributed by atoms with Gasteiger partial charge < -0.3 is 14.6 Å². The summed E-state index contributed by atoms with van der Waals surface area (Å²) in [5.41, 5.74) is 4.42. The highest BCUT2D eigenvalue weighted by molar-refractivity contribution is 6.15. The van der Waals surface area contributed by atoms with Crippen LogP contribution in [0.25, 0.3) is 0 Å². The minimum atomic E-state index is -0.925. The van der Waals surface area contributed by atoms with Crippen LogP contribution in [0.4, 0.5) is 0 Å². The number of aliphatic imine (C=N–C) groups is 1. The molecule has 5 nitrogen and oxygen atoms in total. The summed E-state index contributed by atoms with van der Waals surface area (Å²) >= 11 is 0. The second kappa shape index (κ2) is 7.06. The summed E-state index contributed by atoms with van der Waals surface area (Å²) in [6.07, 6.45) is 4.61. The highest BCUT2D eigenvalue weighted by Crippen LogP contribution is 2.44. The molecule has 1 aliphatic carbocycles. The summed E-state index contributed by atoms with van der Waals surface area (Å²) in [5.74, 6) is 0.894. The Kier molecular flexibility index (Phi) is 4.60. The summed E-state index contributed by atoms with van der Waals surface area (Å²) in [4.78, 5) is 16.3. The molecule has 0 saturated heterocycles. The van der Waals surface area contributed by atoms with Crippen molar-refractivity contribution >= 4 is 11.7 Å². The van der Waals surface area contributed by atoms with Crippen LogP contribution in [0, 0.1) is 0 Å². The molecule has 2 aromatic carbocycles. The normalized spacial score (nSPS) is 20.9. The Labute approximate surface area is 158 Å². The van der Waals surface area contributed by atoms with Gasteiger partial charge in [-0.25, -0.2) is 4.79 Å². The number of hydrogen-bond donors (Lipinski definition) is 1. The largest absolute Gasteiger partial charge is 0.493 e. The minimum Gasteiger partial charge on any atom is -0.493 e. The van der Waals surface area contributed by atoms with Crippen molar-refractivity contribution in [3.05, 3.63) is 58.7 Å². The maximum atomic E-state index is 11.2. The highest BCUT2D eigenvalue weighted by Gasteiger charge is 2.34. The third-order valence-corrected chi connectivity index (χ3v) is 5.64. The van der Waals surface area contributed by atoms with E-state index in [0.717, 1.165) is 35.4 Å². The predicted octanol–water partition coefficient (Wildman–Crippen LogP) is 4.28. The molecular weight excluding hydrogens is 342 g/mol. The van der Waals surface area contributed by atoms with Crippen LogP contribution >= 0.6 is 0 Å². The number of benzene rings is 2. The van der Waals surface area contributed by atoms with Crippen molar-refractivity contribution in [2.75, 3.05) is 14.2 Å². The first-order valence-electron chi connectivity index (χ1n) is 9.30. The van der Waals surface area contributed by atoms with Gasteiger partial charge in [-0.2, -0.15) is 0 Å². The zero-order valence-electron chi connectivity index (χ0n) is 15.6. The maximum absolute atomic E-state index is 11.2. The molecule has 0 unspecified atom stereocenters. The number of rotatable bonds is 4. The van der Waals surface area contributed by atoms with Gasteiger partial charge in [0.15, 0.2) is 11.5 Å². The third kappa shape index (κ3) is 3.07. The van der Waals surface area contributed by atoms with Crippen molar-refractivity contribution < 1.29 is 19.4 Å². The predicted molar refractivity (Wildman–Crippen MR) is 104 cm³/mol. The second-order valence-corrected chi connectivity index (χ2v) is 7.11. The van der Waals surface area contributed by atoms with E-state index in [4.69, 9.17) is 19.6 Å². The second-order valence-electron chi connectivity index (χ2n) is 7.11. The number of aromatic carboxylic acids is 1. The Morgan fingerprint density at radius 1 is 1.04 bits per heavy atom. The van der Waals surface area contributed by atoms with Gasteiger partial charge in [-0.15, -0.1) is 0 Å². The van der Waals surface area contributed by atoms with Crippen molar-refractivity contribution in [3.63, 3.8) is 0 Å². The Balaban J connectivity index is 1.86. The van der Waals surface area contributed by atoms with Crippen molar-refractivity contribution in [2.45, 2.75) is 37.6 Å². The zero-order chi connectivity index (χ0) is 19.0. The molecule has 2 atom stereocenters. The fourth-order valence-corrected chi connectivity index (χ4v) is 4.27. The molecule has 0 radical (unpaired) electrons. The Morgan fingerprint density at radius 2 is 1.70 bits per heavy atom. The summed E-state index contributed by atoms with van der Waals surface area (Å²) in [7, 11) is 3.29. The standard InChI is InChI=1S/C22H23NO4/c1-26-19-11-16-15-5-3-4-6-18(15)23-21(17(16)12-20(19)27-2)13-7-9-14(10-8-13)22(24)25/h7-12,15,18H,3-6H2,1-2H3,(H,24,25)/t15-,18-/m0/s1. The number of carbonyl (C=O) groups is 1. The number of carboxylic acids is 1. The van der Waals surface area contributed by atoms with Gasteiger partial charge in [0.05, 0.1) is 31.5 Å². The van der Waals surface area contributed by atoms with Crippen LogP contribution < -0.4 is 9.47 Å². The molecule has 0 aromatic heterocycles. The Morgan fingerprint density at radius 3 is 2.37 bits per heavy atom. The van der Waals surface area contributed by atoms with Gasteiger partial charge >= 0.3 is 5.97 Å². The van der Waals surface area contributed by atoms with Crippen LogP contribution in [0.5, 0.6) is 11.5 Å². The van der Waals surface area contributed by atoms with Crippen molar-refractivity contribution in [2.24, 2.45) is 4.99 Å². The fraction of sp³-hybridized carbons (Fsp3) is 0.364. The summed E-state index contributed by atoms with van der Waals surface area (Å²) in [6, 6.07) is 11.3. The lowest BCUT2D eigenvalue weighted by Gasteiger charge is -2.35. The number of hydrogen-bond acceptors (Lipinski definition) is 4. The van der Waals surface area contributed by atoms with E-state index in [-0.39, 0.29) is 11.6 Å². The first-order valence-corrected chi connectivity index (χ1v) is 9.30. The fourth-order valence-electron chi connectivity index (χ4n) is 4.27. The topological polar surface area (TPSA) is 68.1 Å². The van der Waals surface area contributed by atoms with Gasteiger partial charge in [0, 0.05) is 17.0 Å². The number of carboxylic acid groups (broad SMARTS) is 1. The molecule has 27 heavy (non-hydrogen) atoms. The molecule has 1 aliphatic heterocycles. The van der Waals surface area contributed by atoms with Crippen molar-refractivity contribution in [3.8, 4) is 11.5 Å². The molecular formula is C22H23NO4. The smallest absolute Gasteiger partial charge is 0.335 e. The van der Waals surface area contributed by atoms with E-state index in [2.05, 4.69) is 6.07 Å². The molecule has 1 fully saturated rings. The SMILES string of the molecule is COc1cc2c(cc1OC)[C@@H]1CCCC[C@@H]1N=C2c1ccc(C(=O)O)cc1. The lowest BCUT2D eigenvalue weighted by Crippen LogP contribution is -2.29. The molecule has 4 rings (SSSR count). The van der Waals surface area contributed by atoms with E-state index in [9.17, 15) is 4.79 Å². The molecule has 5 heteroatoms. The monoisotopic (exact) mass is 365 g/mol. The van der Waals surface area contributed by atoms with E-state index >= 15 is 0 Å². The minimum absolute atomic E-state index is 0.263. The van der Waals surface area contributed by atoms with Gasteiger partial charge in [-0.1, -0.05) is 25.0 Å². The molecule has 1 saturated carbocycles. The van der Waals surface area contributed by atoms with Crippen LogP contribution in [0.1, 0.15) is 58.6 Å².